The van der Waals surface area contributed by atoms with Gasteiger partial charge < -0.3 is 20.1 Å². The predicted octanol–water partition coefficient (Wildman–Crippen LogP) is 3.59. The Balaban J connectivity index is 1.86. The van der Waals surface area contributed by atoms with Gasteiger partial charge in [-0.25, -0.2) is 4.39 Å². The average molecular weight is 373 g/mol. The van der Waals surface area contributed by atoms with Crippen LogP contribution in [-0.2, 0) is 11.3 Å². The van der Waals surface area contributed by atoms with Gasteiger partial charge in [-0.3, -0.25) is 4.99 Å². The molecule has 0 radical (unpaired) electrons. The van der Waals surface area contributed by atoms with Crippen LogP contribution in [0.2, 0.25) is 0 Å². The minimum atomic E-state index is -0.197. The van der Waals surface area contributed by atoms with E-state index in [0.29, 0.717) is 31.3 Å². The lowest BCUT2D eigenvalue weighted by Gasteiger charge is -2.19. The number of nitrogens with zero attached hydrogens (tertiary/aromatic N) is 1. The molecule has 0 spiro atoms. The van der Waals surface area contributed by atoms with Gasteiger partial charge in [-0.2, -0.15) is 0 Å². The molecule has 0 amide bonds. The number of aryl methyl sites for hydroxylation is 1. The number of nitrogens with one attached hydrogen (secondary N) is 2. The fourth-order valence-electron chi connectivity index (χ4n) is 2.49. The minimum Gasteiger partial charge on any atom is -0.491 e. The van der Waals surface area contributed by atoms with Crippen LogP contribution in [-0.4, -0.2) is 33.3 Å². The van der Waals surface area contributed by atoms with Crippen LogP contribution in [0.4, 0.5) is 4.39 Å². The first-order valence-corrected chi connectivity index (χ1v) is 8.97. The van der Waals surface area contributed by atoms with E-state index in [1.807, 2.05) is 37.3 Å². The van der Waals surface area contributed by atoms with Crippen LogP contribution in [0.25, 0.3) is 0 Å². The molecule has 2 N–H and O–H groups in total. The lowest BCUT2D eigenvalue weighted by Crippen LogP contribution is -2.38. The zero-order valence-electron chi connectivity index (χ0n) is 16.4. The van der Waals surface area contributed by atoms with Gasteiger partial charge in [0.05, 0.1) is 12.6 Å². The van der Waals surface area contributed by atoms with Crippen molar-refractivity contribution in [2.45, 2.75) is 26.4 Å². The number of methoxy groups -OCH3 is 1. The number of aliphatic imine (C=N–C) groups is 1. The molecule has 0 bridgehead atoms. The summed E-state index contributed by atoms with van der Waals surface area (Å²) in [7, 11) is 3.36. The summed E-state index contributed by atoms with van der Waals surface area (Å²) in [5, 5.41) is 6.55. The van der Waals surface area contributed by atoms with Crippen LogP contribution in [0, 0.1) is 12.7 Å². The van der Waals surface area contributed by atoms with E-state index in [1.165, 1.54) is 0 Å². The summed E-state index contributed by atoms with van der Waals surface area (Å²) >= 11 is 0. The first-order valence-electron chi connectivity index (χ1n) is 8.97. The van der Waals surface area contributed by atoms with Crippen LogP contribution in [0.15, 0.2) is 47.5 Å². The van der Waals surface area contributed by atoms with Crippen molar-refractivity contribution in [1.29, 1.82) is 0 Å². The Morgan fingerprint density at radius 2 is 1.89 bits per heavy atom. The van der Waals surface area contributed by atoms with E-state index in [9.17, 15) is 4.39 Å². The molecule has 0 aliphatic heterocycles. The van der Waals surface area contributed by atoms with Gasteiger partial charge in [-0.1, -0.05) is 24.3 Å². The van der Waals surface area contributed by atoms with Crippen LogP contribution in [0.3, 0.4) is 0 Å². The molecule has 0 saturated carbocycles. The van der Waals surface area contributed by atoms with Gasteiger partial charge >= 0.3 is 0 Å². The number of hydrogen-bond acceptors (Lipinski definition) is 3. The Kier molecular flexibility index (Phi) is 8.07. The number of benzene rings is 2. The van der Waals surface area contributed by atoms with Crippen molar-refractivity contribution in [2.24, 2.45) is 4.99 Å². The molecule has 0 saturated heterocycles. The fraction of sp³-hybridized carbons (Fsp3) is 0.381. The van der Waals surface area contributed by atoms with Gasteiger partial charge in [0.2, 0.25) is 0 Å². The van der Waals surface area contributed by atoms with Gasteiger partial charge in [0.1, 0.15) is 18.2 Å². The highest BCUT2D eigenvalue weighted by molar-refractivity contribution is 5.80. The fourth-order valence-corrected chi connectivity index (χ4v) is 2.49. The van der Waals surface area contributed by atoms with Gasteiger partial charge in [0.25, 0.3) is 0 Å². The maximum atomic E-state index is 13.8. The van der Waals surface area contributed by atoms with Crippen LogP contribution < -0.4 is 15.4 Å². The number of guanidine groups is 1. The Morgan fingerprint density at radius 1 is 1.15 bits per heavy atom. The summed E-state index contributed by atoms with van der Waals surface area (Å²) in [5.41, 5.74) is 2.62. The summed E-state index contributed by atoms with van der Waals surface area (Å²) in [4.78, 5) is 4.24. The molecule has 146 valence electrons. The van der Waals surface area contributed by atoms with Crippen molar-refractivity contribution in [3.05, 3.63) is 65.0 Å². The normalized spacial score (nSPS) is 12.6. The molecule has 27 heavy (non-hydrogen) atoms. The van der Waals surface area contributed by atoms with Crippen LogP contribution >= 0.6 is 0 Å². The SMILES string of the molecule is CN=C(NCc1ccc(OCCOC)cc1)NC(C)c1ccc(C)c(F)c1. The molecule has 1 atom stereocenters. The van der Waals surface area contributed by atoms with E-state index < -0.39 is 0 Å². The highest BCUT2D eigenvalue weighted by Gasteiger charge is 2.09. The maximum absolute atomic E-state index is 13.8. The highest BCUT2D eigenvalue weighted by atomic mass is 19.1. The monoisotopic (exact) mass is 373 g/mol. The summed E-state index contributed by atoms with van der Waals surface area (Å²) < 4.78 is 24.3. The molecule has 0 fully saturated rings. The first kappa shape index (κ1) is 20.7. The molecule has 6 heteroatoms. The van der Waals surface area contributed by atoms with Crippen molar-refractivity contribution < 1.29 is 13.9 Å². The third-order valence-corrected chi connectivity index (χ3v) is 4.21. The first-order chi connectivity index (χ1) is 13.0. The molecule has 0 aliphatic rings. The molecule has 0 aliphatic carbocycles. The quantitative estimate of drug-likeness (QED) is 0.422. The van der Waals surface area contributed by atoms with E-state index >= 15 is 0 Å². The van der Waals surface area contributed by atoms with Crippen molar-refractivity contribution in [3.8, 4) is 5.75 Å². The number of rotatable bonds is 8. The van der Waals surface area contributed by atoms with E-state index in [2.05, 4.69) is 15.6 Å². The van der Waals surface area contributed by atoms with Crippen molar-refractivity contribution in [2.75, 3.05) is 27.4 Å². The van der Waals surface area contributed by atoms with Crippen LogP contribution in [0.1, 0.15) is 29.7 Å². The highest BCUT2D eigenvalue weighted by Crippen LogP contribution is 2.16. The van der Waals surface area contributed by atoms with Crippen molar-refractivity contribution >= 4 is 5.96 Å². The molecule has 2 aromatic rings. The second kappa shape index (κ2) is 10.5. The second-order valence-corrected chi connectivity index (χ2v) is 6.29. The third kappa shape index (κ3) is 6.57. The predicted molar refractivity (Wildman–Crippen MR) is 107 cm³/mol. The topological polar surface area (TPSA) is 54.9 Å². The molecule has 2 aromatic carbocycles. The van der Waals surface area contributed by atoms with Crippen molar-refractivity contribution in [1.82, 2.24) is 10.6 Å². The van der Waals surface area contributed by atoms with Gasteiger partial charge in [-0.05, 0) is 48.7 Å². The minimum absolute atomic E-state index is 0.0668. The lowest BCUT2D eigenvalue weighted by molar-refractivity contribution is 0.146. The standard InChI is InChI=1S/C21H28FN3O2/c1-15-5-8-18(13-20(15)22)16(2)25-21(23-3)24-14-17-6-9-19(10-7-17)27-12-11-26-4/h5-10,13,16H,11-12,14H2,1-4H3,(H2,23,24,25). The van der Waals surface area contributed by atoms with Gasteiger partial charge in [0, 0.05) is 20.7 Å². The molecule has 1 unspecified atom stereocenters. The molecule has 2 rings (SSSR count). The Morgan fingerprint density at radius 3 is 2.52 bits per heavy atom. The lowest BCUT2D eigenvalue weighted by atomic mass is 10.1. The maximum Gasteiger partial charge on any atom is 0.191 e. The van der Waals surface area contributed by atoms with E-state index in [0.717, 1.165) is 16.9 Å². The smallest absolute Gasteiger partial charge is 0.191 e. The molecular weight excluding hydrogens is 345 g/mol. The van der Waals surface area contributed by atoms with Gasteiger partial charge in [-0.15, -0.1) is 0 Å². The van der Waals surface area contributed by atoms with Crippen LogP contribution in [0.5, 0.6) is 5.75 Å². The third-order valence-electron chi connectivity index (χ3n) is 4.21. The second-order valence-electron chi connectivity index (χ2n) is 6.29. The Labute approximate surface area is 160 Å². The Bertz CT molecular complexity index is 748. The summed E-state index contributed by atoms with van der Waals surface area (Å²) in [6.07, 6.45) is 0. The van der Waals surface area contributed by atoms with E-state index in [-0.39, 0.29) is 11.9 Å². The molecule has 5 nitrogen and oxygen atoms in total. The summed E-state index contributed by atoms with van der Waals surface area (Å²) in [5.74, 6) is 1.27. The zero-order valence-corrected chi connectivity index (χ0v) is 16.4. The largest absolute Gasteiger partial charge is 0.491 e. The number of halogens is 1. The average Bonchev–Trinajstić information content (AvgIpc) is 2.68. The van der Waals surface area contributed by atoms with Gasteiger partial charge in [0.15, 0.2) is 5.96 Å². The zero-order chi connectivity index (χ0) is 19.6. The van der Waals surface area contributed by atoms with Crippen molar-refractivity contribution in [3.63, 3.8) is 0 Å². The number of hydrogen-bond donors (Lipinski definition) is 2. The molecule has 0 heterocycles. The molecular formula is C21H28FN3O2. The molecule has 0 aromatic heterocycles. The Hall–Kier alpha value is -2.60. The number of ether oxygens (including phenoxy) is 2. The summed E-state index contributed by atoms with van der Waals surface area (Å²) in [6.45, 7) is 5.44. The van der Waals surface area contributed by atoms with E-state index in [1.54, 1.807) is 33.2 Å². The summed E-state index contributed by atoms with van der Waals surface area (Å²) in [6, 6.07) is 13.1. The van der Waals surface area contributed by atoms with E-state index in [4.69, 9.17) is 9.47 Å².